The molecule has 8 nitrogen and oxygen atoms in total. The van der Waals surface area contributed by atoms with Crippen LogP contribution in [0.25, 0.3) is 11.1 Å². The molecule has 2 aliphatic rings. The van der Waals surface area contributed by atoms with Crippen LogP contribution in [0.5, 0.6) is 11.5 Å². The number of ether oxygens (including phenoxy) is 5. The Kier molecular flexibility index (Phi) is 7.91. The van der Waals surface area contributed by atoms with Gasteiger partial charge >= 0.3 is 5.97 Å². The van der Waals surface area contributed by atoms with Crippen LogP contribution >= 0.6 is 0 Å². The molecule has 39 heavy (non-hydrogen) atoms. The average molecular weight is 535 g/mol. The second-order valence-electron chi connectivity index (χ2n) is 10.5. The molecule has 0 radical (unpaired) electrons. The summed E-state index contributed by atoms with van der Waals surface area (Å²) in [7, 11) is 0. The maximum atomic E-state index is 10.9. The number of carboxylic acids is 1. The average Bonchev–Trinajstić information content (AvgIpc) is 2.89. The van der Waals surface area contributed by atoms with E-state index >= 15 is 0 Å². The first-order valence-corrected chi connectivity index (χ1v) is 13.0. The van der Waals surface area contributed by atoms with E-state index in [9.17, 15) is 9.90 Å². The van der Waals surface area contributed by atoms with Gasteiger partial charge in [0.05, 0.1) is 38.4 Å². The number of benzene rings is 3. The fourth-order valence-electron chi connectivity index (χ4n) is 4.89. The van der Waals surface area contributed by atoms with Crippen molar-refractivity contribution >= 4 is 5.97 Å². The highest BCUT2D eigenvalue weighted by molar-refractivity contribution is 5.72. The molecule has 0 spiro atoms. The summed E-state index contributed by atoms with van der Waals surface area (Å²) in [5.41, 5.74) is 5.54. The lowest BCUT2D eigenvalue weighted by molar-refractivity contribution is -0.220. The van der Waals surface area contributed by atoms with Crippen LogP contribution in [0.2, 0.25) is 0 Å². The Morgan fingerprint density at radius 2 is 1.51 bits per heavy atom. The number of aryl methyl sites for hydroxylation is 1. The van der Waals surface area contributed by atoms with Gasteiger partial charge < -0.3 is 33.9 Å². The van der Waals surface area contributed by atoms with Crippen LogP contribution in [-0.4, -0.2) is 62.4 Å². The SMILES string of the molecule is Cc1ccc(COc2ccc(C3(OCC(=O)O)COC3)cc2)c(C)c1-c1ccc(OCC2(CO)COC2)cc1. The summed E-state index contributed by atoms with van der Waals surface area (Å²) < 4.78 is 28.2. The van der Waals surface area contributed by atoms with E-state index in [1.807, 2.05) is 36.4 Å². The van der Waals surface area contributed by atoms with Gasteiger partial charge in [0.1, 0.15) is 36.9 Å². The van der Waals surface area contributed by atoms with Crippen LogP contribution in [0, 0.1) is 19.3 Å². The minimum atomic E-state index is -1.01. The molecular weight excluding hydrogens is 500 g/mol. The molecule has 3 aromatic rings. The van der Waals surface area contributed by atoms with Gasteiger partial charge in [-0.2, -0.15) is 0 Å². The molecule has 8 heteroatoms. The summed E-state index contributed by atoms with van der Waals surface area (Å²) in [6, 6.07) is 19.8. The number of aliphatic carboxylic acids is 1. The Labute approximate surface area is 228 Å². The molecule has 0 amide bonds. The second-order valence-corrected chi connectivity index (χ2v) is 10.5. The van der Waals surface area contributed by atoms with E-state index in [2.05, 4.69) is 38.1 Å². The molecule has 206 valence electrons. The van der Waals surface area contributed by atoms with Crippen molar-refractivity contribution in [3.8, 4) is 22.6 Å². The predicted molar refractivity (Wildman–Crippen MR) is 144 cm³/mol. The highest BCUT2D eigenvalue weighted by Crippen LogP contribution is 2.35. The first kappa shape index (κ1) is 27.1. The Morgan fingerprint density at radius 1 is 0.872 bits per heavy atom. The molecular formula is C31H34O8. The lowest BCUT2D eigenvalue weighted by Gasteiger charge is -2.41. The van der Waals surface area contributed by atoms with E-state index in [1.54, 1.807) is 0 Å². The Bertz CT molecular complexity index is 1290. The first-order valence-electron chi connectivity index (χ1n) is 13.0. The predicted octanol–water partition coefficient (Wildman–Crippen LogP) is 4.26. The number of hydrogen-bond acceptors (Lipinski definition) is 7. The van der Waals surface area contributed by atoms with Gasteiger partial charge in [-0.05, 0) is 71.5 Å². The Morgan fingerprint density at radius 3 is 2.08 bits per heavy atom. The van der Waals surface area contributed by atoms with E-state index in [-0.39, 0.29) is 18.6 Å². The molecule has 0 atom stereocenters. The first-order chi connectivity index (χ1) is 18.8. The third kappa shape index (κ3) is 5.79. The number of hydrogen-bond donors (Lipinski definition) is 2. The smallest absolute Gasteiger partial charge is 0.329 e. The van der Waals surface area contributed by atoms with E-state index in [0.29, 0.717) is 45.4 Å². The molecule has 0 aliphatic carbocycles. The summed E-state index contributed by atoms with van der Waals surface area (Å²) in [4.78, 5) is 10.9. The van der Waals surface area contributed by atoms with E-state index in [1.165, 1.54) is 11.1 Å². The van der Waals surface area contributed by atoms with Crippen LogP contribution in [0.15, 0.2) is 60.7 Å². The van der Waals surface area contributed by atoms with E-state index in [4.69, 9.17) is 28.8 Å². The number of rotatable bonds is 12. The van der Waals surface area contributed by atoms with Gasteiger partial charge in [-0.15, -0.1) is 0 Å². The van der Waals surface area contributed by atoms with Crippen molar-refractivity contribution in [2.24, 2.45) is 5.41 Å². The molecule has 0 bridgehead atoms. The number of aliphatic hydroxyl groups is 1. The van der Waals surface area contributed by atoms with Crippen molar-refractivity contribution in [2.45, 2.75) is 26.1 Å². The number of aliphatic hydroxyl groups excluding tert-OH is 1. The second kappa shape index (κ2) is 11.4. The van der Waals surface area contributed by atoms with Crippen LogP contribution in [0.1, 0.15) is 22.3 Å². The van der Waals surface area contributed by atoms with Gasteiger partial charge in [0, 0.05) is 0 Å². The summed E-state index contributed by atoms with van der Waals surface area (Å²) in [6.07, 6.45) is 0. The number of carboxylic acid groups (broad SMARTS) is 1. The third-order valence-electron chi connectivity index (χ3n) is 7.54. The Hall–Kier alpha value is -3.43. The van der Waals surface area contributed by atoms with Crippen LogP contribution in [-0.2, 0) is 31.2 Å². The van der Waals surface area contributed by atoms with Crippen molar-refractivity contribution in [1.29, 1.82) is 0 Å². The van der Waals surface area contributed by atoms with Crippen molar-refractivity contribution in [1.82, 2.24) is 0 Å². The molecule has 2 saturated heterocycles. The van der Waals surface area contributed by atoms with Crippen LogP contribution in [0.4, 0.5) is 0 Å². The van der Waals surface area contributed by atoms with E-state index in [0.717, 1.165) is 28.0 Å². The van der Waals surface area contributed by atoms with Crippen molar-refractivity contribution < 1.29 is 38.7 Å². The minimum absolute atomic E-state index is 0.0550. The lowest BCUT2D eigenvalue weighted by atomic mass is 9.88. The zero-order valence-corrected chi connectivity index (χ0v) is 22.3. The summed E-state index contributed by atoms with van der Waals surface area (Å²) in [5.74, 6) is 0.474. The quantitative estimate of drug-likeness (QED) is 0.355. The molecule has 0 aromatic heterocycles. The fraction of sp³-hybridized carbons (Fsp3) is 0.387. The highest BCUT2D eigenvalue weighted by atomic mass is 16.6. The molecule has 2 N–H and O–H groups in total. The lowest BCUT2D eigenvalue weighted by Crippen LogP contribution is -2.49. The van der Waals surface area contributed by atoms with Gasteiger partial charge in [0.15, 0.2) is 0 Å². The molecule has 0 saturated carbocycles. The minimum Gasteiger partial charge on any atom is -0.493 e. The summed E-state index contributed by atoms with van der Waals surface area (Å²) in [5, 5.41) is 18.6. The van der Waals surface area contributed by atoms with Crippen molar-refractivity contribution in [2.75, 3.05) is 46.2 Å². The van der Waals surface area contributed by atoms with Gasteiger partial charge in [0.25, 0.3) is 0 Å². The number of carbonyl (C=O) groups is 1. The monoisotopic (exact) mass is 534 g/mol. The standard InChI is InChI=1S/C31H34O8/c1-21-3-4-24(13-37-26-11-7-25(8-12-26)31(19-36-20-31)39-14-28(33)34)22(2)29(21)23-5-9-27(10-6-23)38-18-30(15-32)16-35-17-30/h3-12,32H,13-20H2,1-2H3,(H,33,34). The molecule has 2 fully saturated rings. The van der Waals surface area contributed by atoms with Gasteiger partial charge in [-0.1, -0.05) is 36.4 Å². The van der Waals surface area contributed by atoms with Gasteiger partial charge in [0.2, 0.25) is 0 Å². The van der Waals surface area contributed by atoms with Crippen LogP contribution < -0.4 is 9.47 Å². The fourth-order valence-corrected chi connectivity index (χ4v) is 4.89. The molecule has 2 heterocycles. The normalized spacial score (nSPS) is 17.1. The zero-order valence-electron chi connectivity index (χ0n) is 22.3. The Balaban J connectivity index is 1.24. The van der Waals surface area contributed by atoms with E-state index < -0.39 is 11.6 Å². The summed E-state index contributed by atoms with van der Waals surface area (Å²) in [6.45, 7) is 6.44. The maximum absolute atomic E-state index is 10.9. The van der Waals surface area contributed by atoms with Crippen molar-refractivity contribution in [3.63, 3.8) is 0 Å². The largest absolute Gasteiger partial charge is 0.493 e. The molecule has 0 unspecified atom stereocenters. The van der Waals surface area contributed by atoms with Crippen LogP contribution in [0.3, 0.4) is 0 Å². The third-order valence-corrected chi connectivity index (χ3v) is 7.54. The summed E-state index contributed by atoms with van der Waals surface area (Å²) >= 11 is 0. The van der Waals surface area contributed by atoms with Gasteiger partial charge in [-0.25, -0.2) is 4.79 Å². The van der Waals surface area contributed by atoms with Crippen molar-refractivity contribution in [3.05, 3.63) is 82.9 Å². The zero-order chi connectivity index (χ0) is 27.5. The highest BCUT2D eigenvalue weighted by Gasteiger charge is 2.42. The topological polar surface area (TPSA) is 104 Å². The van der Waals surface area contributed by atoms with Gasteiger partial charge in [-0.3, -0.25) is 0 Å². The molecule has 5 rings (SSSR count). The molecule has 2 aliphatic heterocycles. The molecule has 3 aromatic carbocycles. The maximum Gasteiger partial charge on any atom is 0.329 e.